The minimum absolute atomic E-state index is 0.0518. The third-order valence-corrected chi connectivity index (χ3v) is 7.65. The molecule has 2 aromatic rings. The number of nitrogens with one attached hydrogen (secondary N) is 1. The smallest absolute Gasteiger partial charge is 0.243 e. The van der Waals surface area contributed by atoms with Crippen molar-refractivity contribution in [1.82, 2.24) is 10.2 Å². The lowest BCUT2D eigenvalue weighted by atomic mass is 9.95. The highest BCUT2D eigenvalue weighted by molar-refractivity contribution is 7.99. The fourth-order valence-corrected chi connectivity index (χ4v) is 5.40. The number of nitrogens with zero attached hydrogens (tertiary/aromatic N) is 1. The minimum Gasteiger partial charge on any atom is -0.497 e. The number of halogens is 1. The van der Waals surface area contributed by atoms with Gasteiger partial charge in [0.05, 0.1) is 12.9 Å². The summed E-state index contributed by atoms with van der Waals surface area (Å²) in [5.74, 6) is 1.70. The first-order chi connectivity index (χ1) is 16.5. The summed E-state index contributed by atoms with van der Waals surface area (Å²) in [7, 11) is 1.64. The molecule has 3 rings (SSSR count). The molecule has 1 fully saturated rings. The van der Waals surface area contributed by atoms with Gasteiger partial charge in [-0.05, 0) is 48.6 Å². The summed E-state index contributed by atoms with van der Waals surface area (Å²) >= 11 is 7.96. The number of carbonyl (C=O) groups excluding carboxylic acids is 2. The van der Waals surface area contributed by atoms with Gasteiger partial charge in [0.1, 0.15) is 11.8 Å². The molecule has 1 aliphatic rings. The van der Waals surface area contributed by atoms with Crippen LogP contribution in [-0.4, -0.2) is 41.7 Å². The lowest BCUT2D eigenvalue weighted by molar-refractivity contribution is -0.139. The van der Waals surface area contributed by atoms with E-state index in [1.807, 2.05) is 55.5 Å². The number of carbonyl (C=O) groups is 2. The van der Waals surface area contributed by atoms with Crippen molar-refractivity contribution < 1.29 is 14.3 Å². The van der Waals surface area contributed by atoms with E-state index in [4.69, 9.17) is 16.3 Å². The Kier molecular flexibility index (Phi) is 10.6. The number of benzene rings is 2. The number of ether oxygens (including phenoxy) is 1. The van der Waals surface area contributed by atoms with Crippen LogP contribution in [0.15, 0.2) is 48.5 Å². The highest BCUT2D eigenvalue weighted by Gasteiger charge is 2.30. The van der Waals surface area contributed by atoms with Crippen LogP contribution in [0.1, 0.15) is 56.6 Å². The van der Waals surface area contributed by atoms with Crippen molar-refractivity contribution in [3.63, 3.8) is 0 Å². The van der Waals surface area contributed by atoms with Crippen molar-refractivity contribution in [2.24, 2.45) is 0 Å². The first-order valence-corrected chi connectivity index (χ1v) is 13.6. The van der Waals surface area contributed by atoms with Crippen molar-refractivity contribution in [2.45, 2.75) is 69.8 Å². The normalized spacial score (nSPS) is 14.9. The molecular weight excluding hydrogens is 468 g/mol. The first kappa shape index (κ1) is 26.4. The Morgan fingerprint density at radius 1 is 1.12 bits per heavy atom. The van der Waals surface area contributed by atoms with Crippen LogP contribution in [0.3, 0.4) is 0 Å². The Labute approximate surface area is 212 Å². The second kappa shape index (κ2) is 13.6. The van der Waals surface area contributed by atoms with E-state index in [9.17, 15) is 9.59 Å². The number of hydrogen-bond donors (Lipinski definition) is 1. The van der Waals surface area contributed by atoms with E-state index in [-0.39, 0.29) is 17.9 Å². The van der Waals surface area contributed by atoms with Crippen LogP contribution >= 0.6 is 23.4 Å². The van der Waals surface area contributed by atoms with E-state index in [1.54, 1.807) is 23.8 Å². The van der Waals surface area contributed by atoms with Crippen LogP contribution < -0.4 is 10.1 Å². The maximum absolute atomic E-state index is 13.4. The molecule has 1 saturated carbocycles. The van der Waals surface area contributed by atoms with Crippen LogP contribution in [0.5, 0.6) is 5.75 Å². The minimum atomic E-state index is -0.521. The highest BCUT2D eigenvalue weighted by atomic mass is 35.5. The molecule has 7 heteroatoms. The largest absolute Gasteiger partial charge is 0.497 e. The molecule has 5 nitrogen and oxygen atoms in total. The van der Waals surface area contributed by atoms with E-state index in [2.05, 4.69) is 5.32 Å². The molecule has 0 aromatic heterocycles. The predicted molar refractivity (Wildman–Crippen MR) is 140 cm³/mol. The predicted octanol–water partition coefficient (Wildman–Crippen LogP) is 5.84. The maximum Gasteiger partial charge on any atom is 0.243 e. The summed E-state index contributed by atoms with van der Waals surface area (Å²) in [6, 6.07) is 15.0. The lowest BCUT2D eigenvalue weighted by Crippen LogP contribution is -2.52. The van der Waals surface area contributed by atoms with E-state index < -0.39 is 6.04 Å². The zero-order valence-electron chi connectivity index (χ0n) is 20.1. The molecule has 0 saturated heterocycles. The molecule has 1 unspecified atom stereocenters. The summed E-state index contributed by atoms with van der Waals surface area (Å²) in [5.41, 5.74) is 1.97. The quantitative estimate of drug-likeness (QED) is 0.419. The SMILES string of the molecule is CCC(C(=O)NC1CCCCC1)N(Cc1ccccc1Cl)C(=O)CSCc1ccc(OC)cc1. The zero-order valence-corrected chi connectivity index (χ0v) is 21.7. The van der Waals surface area contributed by atoms with Gasteiger partial charge in [0.15, 0.2) is 0 Å². The van der Waals surface area contributed by atoms with Crippen molar-refractivity contribution in [3.05, 3.63) is 64.7 Å². The Morgan fingerprint density at radius 2 is 1.82 bits per heavy atom. The number of rotatable bonds is 11. The van der Waals surface area contributed by atoms with Gasteiger partial charge in [-0.2, -0.15) is 0 Å². The fraction of sp³-hybridized carbons (Fsp3) is 0.481. The summed E-state index contributed by atoms with van der Waals surface area (Å²) in [6.07, 6.45) is 6.10. The van der Waals surface area contributed by atoms with Crippen molar-refractivity contribution in [2.75, 3.05) is 12.9 Å². The second-order valence-electron chi connectivity index (χ2n) is 8.72. The summed E-state index contributed by atoms with van der Waals surface area (Å²) in [6.45, 7) is 2.28. The molecule has 34 heavy (non-hydrogen) atoms. The van der Waals surface area contributed by atoms with Crippen molar-refractivity contribution >= 4 is 35.2 Å². The molecule has 2 amide bonds. The van der Waals surface area contributed by atoms with Crippen molar-refractivity contribution in [1.29, 1.82) is 0 Å². The van der Waals surface area contributed by atoms with E-state index >= 15 is 0 Å². The highest BCUT2D eigenvalue weighted by Crippen LogP contribution is 2.23. The molecule has 2 aromatic carbocycles. The molecule has 1 aliphatic carbocycles. The topological polar surface area (TPSA) is 58.6 Å². The summed E-state index contributed by atoms with van der Waals surface area (Å²) in [4.78, 5) is 28.4. The van der Waals surface area contributed by atoms with Gasteiger partial charge in [0, 0.05) is 23.4 Å². The second-order valence-corrected chi connectivity index (χ2v) is 10.1. The molecule has 0 spiro atoms. The standard InChI is InChI=1S/C27H35ClN2O3S/c1-3-25(27(32)29-22-10-5-4-6-11-22)30(17-21-9-7-8-12-24(21)28)26(31)19-34-18-20-13-15-23(33-2)16-14-20/h7-9,12-16,22,25H,3-6,10-11,17-19H2,1-2H3,(H,29,32). The molecule has 0 aliphatic heterocycles. The Morgan fingerprint density at radius 3 is 2.47 bits per heavy atom. The van der Waals surface area contributed by atoms with Crippen LogP contribution in [0.25, 0.3) is 0 Å². The van der Waals surface area contributed by atoms with Crippen molar-refractivity contribution in [3.8, 4) is 5.75 Å². The number of amides is 2. The average Bonchev–Trinajstić information content (AvgIpc) is 2.86. The average molecular weight is 503 g/mol. The maximum atomic E-state index is 13.4. The molecular formula is C27H35ClN2O3S. The Bertz CT molecular complexity index is 932. The van der Waals surface area contributed by atoms with Gasteiger partial charge in [-0.15, -0.1) is 11.8 Å². The van der Waals surface area contributed by atoms with E-state index in [1.165, 1.54) is 6.42 Å². The van der Waals surface area contributed by atoms with E-state index in [0.29, 0.717) is 29.5 Å². The van der Waals surface area contributed by atoms with Crippen LogP contribution in [0.4, 0.5) is 0 Å². The van der Waals surface area contributed by atoms with Gasteiger partial charge in [0.2, 0.25) is 11.8 Å². The van der Waals surface area contributed by atoms with Gasteiger partial charge < -0.3 is 15.0 Å². The summed E-state index contributed by atoms with van der Waals surface area (Å²) in [5, 5.41) is 3.82. The number of methoxy groups -OCH3 is 1. The fourth-order valence-electron chi connectivity index (χ4n) is 4.33. The Balaban J connectivity index is 1.69. The third-order valence-electron chi connectivity index (χ3n) is 6.29. The van der Waals surface area contributed by atoms with Gasteiger partial charge in [-0.25, -0.2) is 0 Å². The first-order valence-electron chi connectivity index (χ1n) is 12.1. The van der Waals surface area contributed by atoms with Gasteiger partial charge in [0.25, 0.3) is 0 Å². The summed E-state index contributed by atoms with van der Waals surface area (Å²) < 4.78 is 5.21. The third kappa shape index (κ3) is 7.67. The van der Waals surface area contributed by atoms with Gasteiger partial charge in [-0.3, -0.25) is 9.59 Å². The number of hydrogen-bond acceptors (Lipinski definition) is 4. The zero-order chi connectivity index (χ0) is 24.3. The number of thioether (sulfide) groups is 1. The Hall–Kier alpha value is -2.18. The van der Waals surface area contributed by atoms with Gasteiger partial charge >= 0.3 is 0 Å². The molecule has 0 bridgehead atoms. The molecule has 0 heterocycles. The van der Waals surface area contributed by atoms with Gasteiger partial charge in [-0.1, -0.05) is 68.1 Å². The van der Waals surface area contributed by atoms with Crippen LogP contribution in [0, 0.1) is 0 Å². The molecule has 0 radical (unpaired) electrons. The van der Waals surface area contributed by atoms with Crippen LogP contribution in [0.2, 0.25) is 5.02 Å². The lowest BCUT2D eigenvalue weighted by Gasteiger charge is -2.33. The van der Waals surface area contributed by atoms with Crippen LogP contribution in [-0.2, 0) is 21.9 Å². The molecule has 1 atom stereocenters. The monoisotopic (exact) mass is 502 g/mol. The molecule has 184 valence electrons. The van der Waals surface area contributed by atoms with E-state index in [0.717, 1.165) is 42.6 Å². The molecule has 1 N–H and O–H groups in total.